The van der Waals surface area contributed by atoms with Gasteiger partial charge >= 0.3 is 6.03 Å². The molecule has 0 radical (unpaired) electrons. The van der Waals surface area contributed by atoms with Crippen LogP contribution in [0.3, 0.4) is 0 Å². The summed E-state index contributed by atoms with van der Waals surface area (Å²) in [5.74, 6) is 0.477. The fraction of sp³-hybridized carbons (Fsp3) is 0.233. The molecule has 3 heterocycles. The number of amides is 2. The van der Waals surface area contributed by atoms with E-state index < -0.39 is 0 Å². The van der Waals surface area contributed by atoms with Crippen LogP contribution in [0.2, 0.25) is 0 Å². The molecule has 1 fully saturated rings. The molecule has 0 aliphatic carbocycles. The van der Waals surface area contributed by atoms with Gasteiger partial charge in [0.15, 0.2) is 5.82 Å². The van der Waals surface area contributed by atoms with E-state index in [9.17, 15) is 4.79 Å². The van der Waals surface area contributed by atoms with E-state index in [0.717, 1.165) is 66.1 Å². The number of fused-ring (bicyclic) bond motifs is 1. The number of H-pyrrole nitrogens is 1. The Morgan fingerprint density at radius 1 is 0.872 bits per heavy atom. The van der Waals surface area contributed by atoms with Crippen LogP contribution in [0.5, 0.6) is 0 Å². The third kappa shape index (κ3) is 5.41. The Balaban J connectivity index is 1.13. The Morgan fingerprint density at radius 3 is 2.36 bits per heavy atom. The minimum absolute atomic E-state index is 0.359. The first kappa shape index (κ1) is 24.8. The molecule has 9 heteroatoms. The van der Waals surface area contributed by atoms with Gasteiger partial charge in [-0.3, -0.25) is 14.9 Å². The number of aromatic nitrogens is 4. The van der Waals surface area contributed by atoms with Gasteiger partial charge in [-0.05, 0) is 35.4 Å². The monoisotopic (exact) mass is 520 g/mol. The van der Waals surface area contributed by atoms with Crippen LogP contribution in [0.15, 0.2) is 79.1 Å². The third-order valence-electron chi connectivity index (χ3n) is 7.31. The molecule has 0 spiro atoms. The average molecular weight is 521 g/mol. The molecule has 1 saturated heterocycles. The van der Waals surface area contributed by atoms with Crippen LogP contribution in [0.4, 0.5) is 16.3 Å². The number of aryl methyl sites for hydroxylation is 1. The van der Waals surface area contributed by atoms with E-state index in [1.165, 1.54) is 5.56 Å². The number of nitrogens with zero attached hydrogens (tertiary/aromatic N) is 5. The van der Waals surface area contributed by atoms with Crippen LogP contribution in [-0.4, -0.2) is 68.8 Å². The highest BCUT2D eigenvalue weighted by Crippen LogP contribution is 2.28. The standard InChI is InChI=1S/C30H32N8O/c1-36-14-16-38(17-15-36)19-24-12-13-25(29-28(24)31-20-32-29)33-30(39)34-27-18-26(37(2)35-27)23-10-8-22(9-11-23)21-6-4-3-5-7-21/h3-13,18,20H,14-17,19H2,1-2H3,(H,31,32)(H2,33,34,35,39). The van der Waals surface area contributed by atoms with E-state index >= 15 is 0 Å². The Bertz CT molecular complexity index is 1580. The summed E-state index contributed by atoms with van der Waals surface area (Å²) in [5, 5.41) is 10.3. The zero-order valence-corrected chi connectivity index (χ0v) is 22.2. The molecule has 0 bridgehead atoms. The van der Waals surface area contributed by atoms with Crippen molar-refractivity contribution in [3.63, 3.8) is 0 Å². The quantitative estimate of drug-likeness (QED) is 0.292. The zero-order chi connectivity index (χ0) is 26.8. The van der Waals surface area contributed by atoms with E-state index in [1.54, 1.807) is 11.0 Å². The lowest BCUT2D eigenvalue weighted by molar-refractivity contribution is 0.148. The fourth-order valence-electron chi connectivity index (χ4n) is 5.10. The van der Waals surface area contributed by atoms with E-state index in [4.69, 9.17) is 0 Å². The van der Waals surface area contributed by atoms with E-state index in [0.29, 0.717) is 11.5 Å². The molecule has 5 aromatic rings. The van der Waals surface area contributed by atoms with Gasteiger partial charge in [0.2, 0.25) is 0 Å². The van der Waals surface area contributed by atoms with Crippen LogP contribution in [-0.2, 0) is 13.6 Å². The summed E-state index contributed by atoms with van der Waals surface area (Å²) in [6, 6.07) is 24.1. The highest BCUT2D eigenvalue weighted by molar-refractivity contribution is 6.04. The highest BCUT2D eigenvalue weighted by Gasteiger charge is 2.18. The largest absolute Gasteiger partial charge is 0.343 e. The number of hydrogen-bond donors (Lipinski definition) is 3. The molecule has 0 atom stereocenters. The summed E-state index contributed by atoms with van der Waals surface area (Å²) in [4.78, 5) is 25.4. The molecule has 2 aromatic heterocycles. The predicted octanol–water partition coefficient (Wildman–Crippen LogP) is 5.02. The minimum Gasteiger partial charge on any atom is -0.343 e. The first-order chi connectivity index (χ1) is 19.0. The van der Waals surface area contributed by atoms with E-state index in [1.807, 2.05) is 37.4 Å². The number of urea groups is 1. The van der Waals surface area contributed by atoms with Crippen molar-refractivity contribution in [1.82, 2.24) is 29.5 Å². The zero-order valence-electron chi connectivity index (χ0n) is 22.2. The van der Waals surface area contributed by atoms with Gasteiger partial charge in [-0.2, -0.15) is 5.10 Å². The fourth-order valence-corrected chi connectivity index (χ4v) is 5.10. The maximum Gasteiger partial charge on any atom is 0.324 e. The number of aromatic amines is 1. The number of rotatable bonds is 6. The first-order valence-electron chi connectivity index (χ1n) is 13.2. The summed E-state index contributed by atoms with van der Waals surface area (Å²) in [6.07, 6.45) is 1.68. The van der Waals surface area contributed by atoms with Crippen molar-refractivity contribution in [3.05, 3.63) is 84.7 Å². The molecule has 3 aromatic carbocycles. The molecule has 0 saturated carbocycles. The molecule has 1 aliphatic rings. The smallest absolute Gasteiger partial charge is 0.324 e. The Labute approximate surface area is 227 Å². The minimum atomic E-state index is -0.359. The lowest BCUT2D eigenvalue weighted by atomic mass is 10.0. The molecular formula is C30H32N8O. The molecule has 198 valence electrons. The van der Waals surface area contributed by atoms with Crippen molar-refractivity contribution in [3.8, 4) is 22.4 Å². The number of hydrogen-bond acceptors (Lipinski definition) is 5. The molecule has 39 heavy (non-hydrogen) atoms. The van der Waals surface area contributed by atoms with Crippen molar-refractivity contribution in [2.24, 2.45) is 7.05 Å². The van der Waals surface area contributed by atoms with Gasteiger partial charge in [0, 0.05) is 45.8 Å². The highest BCUT2D eigenvalue weighted by atomic mass is 16.2. The van der Waals surface area contributed by atoms with Gasteiger partial charge in [-0.15, -0.1) is 0 Å². The number of piperazine rings is 1. The Morgan fingerprint density at radius 2 is 1.59 bits per heavy atom. The lowest BCUT2D eigenvalue weighted by Crippen LogP contribution is -2.43. The van der Waals surface area contributed by atoms with E-state index in [-0.39, 0.29) is 6.03 Å². The van der Waals surface area contributed by atoms with Crippen molar-refractivity contribution in [2.75, 3.05) is 43.9 Å². The summed E-state index contributed by atoms with van der Waals surface area (Å²) in [6.45, 7) is 5.04. The number of imidazole rings is 1. The van der Waals surface area contributed by atoms with Gasteiger partial charge in [-0.25, -0.2) is 9.78 Å². The Hall–Kier alpha value is -4.47. The van der Waals surface area contributed by atoms with Crippen LogP contribution >= 0.6 is 0 Å². The second kappa shape index (κ2) is 10.7. The summed E-state index contributed by atoms with van der Waals surface area (Å²) in [5.41, 5.74) is 7.78. The molecular weight excluding hydrogens is 488 g/mol. The molecule has 0 unspecified atom stereocenters. The molecule has 3 N–H and O–H groups in total. The maximum absolute atomic E-state index is 12.9. The number of benzene rings is 3. The normalized spacial score (nSPS) is 14.5. The first-order valence-corrected chi connectivity index (χ1v) is 13.2. The van der Waals surface area contributed by atoms with Gasteiger partial charge in [0.05, 0.1) is 28.7 Å². The summed E-state index contributed by atoms with van der Waals surface area (Å²) in [7, 11) is 4.03. The van der Waals surface area contributed by atoms with Gasteiger partial charge in [0.1, 0.15) is 0 Å². The van der Waals surface area contributed by atoms with Crippen molar-refractivity contribution in [1.29, 1.82) is 0 Å². The SMILES string of the molecule is CN1CCN(Cc2ccc(NC(=O)Nc3cc(-c4ccc(-c5ccccc5)cc4)n(C)n3)c3[nH]cnc23)CC1. The number of anilines is 2. The maximum atomic E-state index is 12.9. The van der Waals surface area contributed by atoms with Gasteiger partial charge in [0.25, 0.3) is 0 Å². The van der Waals surface area contributed by atoms with Crippen molar-refractivity contribution >= 4 is 28.6 Å². The molecule has 1 aliphatic heterocycles. The number of likely N-dealkylation sites (N-methyl/N-ethyl adjacent to an activating group) is 1. The lowest BCUT2D eigenvalue weighted by Gasteiger charge is -2.32. The molecule has 2 amide bonds. The van der Waals surface area contributed by atoms with Crippen molar-refractivity contribution < 1.29 is 4.79 Å². The predicted molar refractivity (Wildman–Crippen MR) is 156 cm³/mol. The van der Waals surface area contributed by atoms with E-state index in [2.05, 4.69) is 85.0 Å². The average Bonchev–Trinajstić information content (AvgIpc) is 3.59. The van der Waals surface area contributed by atoms with Crippen LogP contribution in [0.25, 0.3) is 33.4 Å². The van der Waals surface area contributed by atoms with Crippen LogP contribution in [0.1, 0.15) is 5.56 Å². The third-order valence-corrected chi connectivity index (χ3v) is 7.31. The summed E-state index contributed by atoms with van der Waals surface area (Å²) >= 11 is 0. The second-order valence-electron chi connectivity index (χ2n) is 10.0. The summed E-state index contributed by atoms with van der Waals surface area (Å²) < 4.78 is 1.77. The number of nitrogens with one attached hydrogen (secondary N) is 3. The topological polar surface area (TPSA) is 94.1 Å². The second-order valence-corrected chi connectivity index (χ2v) is 10.0. The van der Waals surface area contributed by atoms with Gasteiger partial charge < -0.3 is 15.2 Å². The molecule has 6 rings (SSSR count). The Kier molecular flexibility index (Phi) is 6.83. The molecule has 9 nitrogen and oxygen atoms in total. The van der Waals surface area contributed by atoms with Gasteiger partial charge in [-0.1, -0.05) is 60.7 Å². The number of carbonyl (C=O) groups excluding carboxylic acids is 1. The van der Waals surface area contributed by atoms with Crippen molar-refractivity contribution in [2.45, 2.75) is 6.54 Å². The number of carbonyl (C=O) groups is 1. The van der Waals surface area contributed by atoms with Crippen LogP contribution in [0, 0.1) is 0 Å². The van der Waals surface area contributed by atoms with Crippen LogP contribution < -0.4 is 10.6 Å².